The maximum absolute atomic E-state index is 13.7. The molecule has 0 amide bonds. The van der Waals surface area contributed by atoms with Crippen LogP contribution in [-0.2, 0) is 16.1 Å². The van der Waals surface area contributed by atoms with Gasteiger partial charge in [-0.05, 0) is 25.5 Å². The highest BCUT2D eigenvalue weighted by Gasteiger charge is 2.36. The molecule has 0 bridgehead atoms. The predicted molar refractivity (Wildman–Crippen MR) is 67.8 cm³/mol. The smallest absolute Gasteiger partial charge is 0.325 e. The van der Waals surface area contributed by atoms with Crippen molar-refractivity contribution in [2.45, 2.75) is 31.5 Å². The van der Waals surface area contributed by atoms with E-state index >= 15 is 0 Å². The van der Waals surface area contributed by atoms with Crippen molar-refractivity contribution in [3.63, 3.8) is 0 Å². The number of likely N-dealkylation sites (tertiary alicyclic amines) is 1. The van der Waals surface area contributed by atoms with Gasteiger partial charge in [0.05, 0.1) is 13.2 Å². The Hall–Kier alpha value is -1.60. The molecule has 1 aliphatic heterocycles. The summed E-state index contributed by atoms with van der Waals surface area (Å²) >= 11 is 0. The van der Waals surface area contributed by atoms with Gasteiger partial charge < -0.3 is 9.84 Å². The molecule has 0 spiro atoms. The number of rotatable bonds is 3. The van der Waals surface area contributed by atoms with Crippen LogP contribution in [0.25, 0.3) is 0 Å². The first-order valence-electron chi connectivity index (χ1n) is 6.57. The number of hydrogen-bond acceptors (Lipinski definition) is 4. The Bertz CT molecular complexity index is 538. The summed E-state index contributed by atoms with van der Waals surface area (Å²) in [6, 6.07) is 0.300. The van der Waals surface area contributed by atoms with Gasteiger partial charge in [0, 0.05) is 18.2 Å². The second-order valence-corrected chi connectivity index (χ2v) is 5.01. The second kappa shape index (κ2) is 6.44. The van der Waals surface area contributed by atoms with Crippen molar-refractivity contribution in [3.05, 3.63) is 35.1 Å². The fourth-order valence-corrected chi connectivity index (χ4v) is 2.55. The molecule has 116 valence electrons. The summed E-state index contributed by atoms with van der Waals surface area (Å²) in [5.41, 5.74) is -0.0723. The molecule has 1 saturated heterocycles. The van der Waals surface area contributed by atoms with Crippen LogP contribution in [0.4, 0.5) is 13.2 Å². The minimum Gasteiger partial charge on any atom is -0.468 e. The number of methoxy groups -OCH3 is 1. The third kappa shape index (κ3) is 3.36. The highest BCUT2D eigenvalue weighted by atomic mass is 19.2. The van der Waals surface area contributed by atoms with Gasteiger partial charge >= 0.3 is 5.97 Å². The van der Waals surface area contributed by atoms with Crippen LogP contribution in [0.3, 0.4) is 0 Å². The largest absolute Gasteiger partial charge is 0.468 e. The van der Waals surface area contributed by atoms with Gasteiger partial charge in [0.15, 0.2) is 11.6 Å². The summed E-state index contributed by atoms with van der Waals surface area (Å²) in [4.78, 5) is 13.2. The number of halogens is 3. The molecule has 0 saturated carbocycles. The van der Waals surface area contributed by atoms with Gasteiger partial charge in [0.1, 0.15) is 11.9 Å². The van der Waals surface area contributed by atoms with Gasteiger partial charge in [-0.2, -0.15) is 0 Å². The van der Waals surface area contributed by atoms with Crippen molar-refractivity contribution in [2.75, 3.05) is 13.7 Å². The average Bonchev–Trinajstić information content (AvgIpc) is 2.44. The topological polar surface area (TPSA) is 49.8 Å². The monoisotopic (exact) mass is 303 g/mol. The molecule has 0 radical (unpaired) electrons. The molecule has 1 N–H and O–H groups in total. The first kappa shape index (κ1) is 15.8. The zero-order valence-corrected chi connectivity index (χ0v) is 11.5. The van der Waals surface area contributed by atoms with Crippen LogP contribution in [0.5, 0.6) is 0 Å². The van der Waals surface area contributed by atoms with Crippen LogP contribution < -0.4 is 0 Å². The zero-order valence-electron chi connectivity index (χ0n) is 11.5. The van der Waals surface area contributed by atoms with Crippen LogP contribution in [0.1, 0.15) is 18.4 Å². The molecule has 4 nitrogen and oxygen atoms in total. The lowest BCUT2D eigenvalue weighted by Gasteiger charge is -2.37. The maximum Gasteiger partial charge on any atom is 0.325 e. The minimum atomic E-state index is -1.26. The Kier molecular flexibility index (Phi) is 4.84. The van der Waals surface area contributed by atoms with E-state index in [1.165, 1.54) is 12.0 Å². The van der Waals surface area contributed by atoms with E-state index in [0.29, 0.717) is 25.5 Å². The van der Waals surface area contributed by atoms with Gasteiger partial charge in [-0.15, -0.1) is 0 Å². The SMILES string of the molecule is COC(=O)[C@@H]1[C@H](O)CCCN1Cc1cc(F)c(F)cc1F. The van der Waals surface area contributed by atoms with Gasteiger partial charge in [0.2, 0.25) is 0 Å². The van der Waals surface area contributed by atoms with Crippen LogP contribution in [0.2, 0.25) is 0 Å². The number of ether oxygens (including phenoxy) is 1. The van der Waals surface area contributed by atoms with Crippen molar-refractivity contribution in [2.24, 2.45) is 0 Å². The van der Waals surface area contributed by atoms with Gasteiger partial charge in [-0.25, -0.2) is 13.2 Å². The summed E-state index contributed by atoms with van der Waals surface area (Å²) < 4.78 is 44.4. The molecule has 0 aromatic heterocycles. The molecule has 1 aliphatic rings. The van der Waals surface area contributed by atoms with E-state index in [-0.39, 0.29) is 12.1 Å². The lowest BCUT2D eigenvalue weighted by atomic mass is 9.98. The lowest BCUT2D eigenvalue weighted by Crippen LogP contribution is -2.52. The van der Waals surface area contributed by atoms with Crippen molar-refractivity contribution >= 4 is 5.97 Å². The number of aliphatic hydroxyl groups excluding tert-OH is 1. The Morgan fingerprint density at radius 2 is 2.00 bits per heavy atom. The van der Waals surface area contributed by atoms with Crippen molar-refractivity contribution in [3.8, 4) is 0 Å². The second-order valence-electron chi connectivity index (χ2n) is 5.01. The number of carbonyl (C=O) groups is 1. The molecule has 7 heteroatoms. The third-order valence-electron chi connectivity index (χ3n) is 3.61. The number of aliphatic hydroxyl groups is 1. The van der Waals surface area contributed by atoms with E-state index in [1.54, 1.807) is 0 Å². The Labute approximate surface area is 120 Å². The van der Waals surface area contributed by atoms with E-state index in [2.05, 4.69) is 4.74 Å². The zero-order chi connectivity index (χ0) is 15.6. The number of carbonyl (C=O) groups excluding carboxylic acids is 1. The maximum atomic E-state index is 13.7. The van der Waals surface area contributed by atoms with Crippen molar-refractivity contribution in [1.29, 1.82) is 0 Å². The highest BCUT2D eigenvalue weighted by molar-refractivity contribution is 5.76. The first-order chi connectivity index (χ1) is 9.93. The van der Waals surface area contributed by atoms with Crippen LogP contribution in [0.15, 0.2) is 12.1 Å². The van der Waals surface area contributed by atoms with Crippen molar-refractivity contribution in [1.82, 2.24) is 4.90 Å². The first-order valence-corrected chi connectivity index (χ1v) is 6.57. The summed E-state index contributed by atoms with van der Waals surface area (Å²) in [6.07, 6.45) is 0.107. The molecule has 21 heavy (non-hydrogen) atoms. The fourth-order valence-electron chi connectivity index (χ4n) is 2.55. The van der Waals surface area contributed by atoms with E-state index < -0.39 is 35.6 Å². The molecule has 1 aromatic rings. The quantitative estimate of drug-likeness (QED) is 0.681. The average molecular weight is 303 g/mol. The Morgan fingerprint density at radius 1 is 1.33 bits per heavy atom. The van der Waals surface area contributed by atoms with Crippen LogP contribution >= 0.6 is 0 Å². The minimum absolute atomic E-state index is 0.0723. The summed E-state index contributed by atoms with van der Waals surface area (Å²) in [5.74, 6) is -3.94. The van der Waals surface area contributed by atoms with Crippen LogP contribution in [0, 0.1) is 17.5 Å². The molecule has 0 unspecified atom stereocenters. The number of hydrogen-bond donors (Lipinski definition) is 1. The highest BCUT2D eigenvalue weighted by Crippen LogP contribution is 2.23. The van der Waals surface area contributed by atoms with E-state index in [9.17, 15) is 23.1 Å². The van der Waals surface area contributed by atoms with Crippen molar-refractivity contribution < 1.29 is 27.8 Å². The molecule has 1 heterocycles. The number of piperidine rings is 1. The van der Waals surface area contributed by atoms with E-state index in [0.717, 1.165) is 6.07 Å². The van der Waals surface area contributed by atoms with Gasteiger partial charge in [0.25, 0.3) is 0 Å². The number of benzene rings is 1. The van der Waals surface area contributed by atoms with Crippen LogP contribution in [-0.4, -0.2) is 41.8 Å². The molecule has 1 aromatic carbocycles. The van der Waals surface area contributed by atoms with E-state index in [1.807, 2.05) is 0 Å². The summed E-state index contributed by atoms with van der Waals surface area (Å²) in [7, 11) is 1.19. The standard InChI is InChI=1S/C14H16F3NO3/c1-21-14(20)13-12(19)3-2-4-18(13)7-8-5-10(16)11(17)6-9(8)15/h5-6,12-13,19H,2-4,7H2,1H3/t12-,13+/m1/s1. The molecular formula is C14H16F3NO3. The molecule has 0 aliphatic carbocycles. The van der Waals surface area contributed by atoms with Gasteiger partial charge in [-0.1, -0.05) is 0 Å². The normalized spacial score (nSPS) is 23.1. The molecule has 2 rings (SSSR count). The predicted octanol–water partition coefficient (Wildman–Crippen LogP) is 1.60. The molecular weight excluding hydrogens is 287 g/mol. The molecule has 1 fully saturated rings. The Balaban J connectivity index is 2.24. The molecule has 2 atom stereocenters. The number of nitrogens with zero attached hydrogens (tertiary/aromatic N) is 1. The number of esters is 1. The van der Waals surface area contributed by atoms with E-state index in [4.69, 9.17) is 0 Å². The van der Waals surface area contributed by atoms with Gasteiger partial charge in [-0.3, -0.25) is 9.69 Å². The summed E-state index contributed by atoms with van der Waals surface area (Å²) in [5, 5.41) is 9.92. The lowest BCUT2D eigenvalue weighted by molar-refractivity contribution is -0.154. The fraction of sp³-hybridized carbons (Fsp3) is 0.500. The third-order valence-corrected chi connectivity index (χ3v) is 3.61. The summed E-state index contributed by atoms with van der Waals surface area (Å²) in [6.45, 7) is 0.315. The Morgan fingerprint density at radius 3 is 2.67 bits per heavy atom.